The second-order valence-electron chi connectivity index (χ2n) is 3.13. The van der Waals surface area contributed by atoms with E-state index in [1.807, 2.05) is 0 Å². The molecular weight excluding hydrogens is 209 g/mol. The number of carbonyl (C=O) groups is 1. The van der Waals surface area contributed by atoms with Gasteiger partial charge < -0.3 is 5.11 Å². The second-order valence-corrected chi connectivity index (χ2v) is 3.13. The largest absolute Gasteiger partial charge is 0.428 e. The average Bonchev–Trinajstić information content (AvgIpc) is 2.16. The van der Waals surface area contributed by atoms with E-state index in [0.717, 1.165) is 12.1 Å². The van der Waals surface area contributed by atoms with Crippen LogP contribution in [0.15, 0.2) is 30.3 Å². The first-order valence-corrected chi connectivity index (χ1v) is 4.16. The van der Waals surface area contributed by atoms with Gasteiger partial charge in [0, 0.05) is 5.56 Å². The molecule has 0 saturated heterocycles. The molecule has 1 atom stereocenters. The van der Waals surface area contributed by atoms with Crippen LogP contribution < -0.4 is 0 Å². The van der Waals surface area contributed by atoms with E-state index in [1.54, 1.807) is 0 Å². The zero-order chi connectivity index (χ0) is 11.7. The minimum Gasteiger partial charge on any atom is -0.370 e. The highest BCUT2D eigenvalue weighted by Crippen LogP contribution is 2.39. The van der Waals surface area contributed by atoms with Crippen LogP contribution in [0.1, 0.15) is 12.5 Å². The van der Waals surface area contributed by atoms with Gasteiger partial charge in [0.2, 0.25) is 5.60 Å². The molecule has 1 unspecified atom stereocenters. The average molecular weight is 218 g/mol. The van der Waals surface area contributed by atoms with Gasteiger partial charge in [0.15, 0.2) is 5.78 Å². The van der Waals surface area contributed by atoms with Crippen molar-refractivity contribution in [1.29, 1.82) is 0 Å². The maximum absolute atomic E-state index is 12.6. The molecule has 0 aliphatic carbocycles. The van der Waals surface area contributed by atoms with Crippen LogP contribution in [0, 0.1) is 0 Å². The van der Waals surface area contributed by atoms with Crippen molar-refractivity contribution in [2.75, 3.05) is 0 Å². The predicted octanol–water partition coefficient (Wildman–Crippen LogP) is 2.03. The standard InChI is InChI=1S/C10H9F3O2/c1-7(14)9(15,10(11,12)13)8-5-3-2-4-6-8/h2-6,15H,1H3. The summed E-state index contributed by atoms with van der Waals surface area (Å²) in [6, 6.07) is 6.29. The maximum Gasteiger partial charge on any atom is 0.428 e. The van der Waals surface area contributed by atoms with E-state index in [-0.39, 0.29) is 0 Å². The summed E-state index contributed by atoms with van der Waals surface area (Å²) in [6.07, 6.45) is -5.01. The lowest BCUT2D eigenvalue weighted by Gasteiger charge is -2.28. The van der Waals surface area contributed by atoms with Gasteiger partial charge in [-0.2, -0.15) is 13.2 Å². The van der Waals surface area contributed by atoms with Crippen molar-refractivity contribution >= 4 is 5.78 Å². The summed E-state index contributed by atoms with van der Waals surface area (Å²) in [4.78, 5) is 10.9. The number of carbonyl (C=O) groups excluding carboxylic acids is 1. The number of hydrogen-bond donors (Lipinski definition) is 1. The smallest absolute Gasteiger partial charge is 0.370 e. The molecule has 1 aromatic rings. The molecule has 0 fully saturated rings. The van der Waals surface area contributed by atoms with Crippen molar-refractivity contribution < 1.29 is 23.1 Å². The van der Waals surface area contributed by atoms with Gasteiger partial charge in [-0.25, -0.2) is 0 Å². The fourth-order valence-corrected chi connectivity index (χ4v) is 1.25. The van der Waals surface area contributed by atoms with Crippen molar-refractivity contribution in [2.24, 2.45) is 0 Å². The molecule has 0 spiro atoms. The van der Waals surface area contributed by atoms with Crippen LogP contribution in [0.25, 0.3) is 0 Å². The first kappa shape index (κ1) is 11.7. The van der Waals surface area contributed by atoms with Gasteiger partial charge in [0.05, 0.1) is 0 Å². The van der Waals surface area contributed by atoms with E-state index in [4.69, 9.17) is 0 Å². The zero-order valence-corrected chi connectivity index (χ0v) is 7.88. The number of Topliss-reactive ketones (excluding diaryl/α,β-unsaturated/α-hetero) is 1. The summed E-state index contributed by atoms with van der Waals surface area (Å²) in [6.45, 7) is 0.709. The van der Waals surface area contributed by atoms with Crippen LogP contribution in [-0.4, -0.2) is 17.1 Å². The van der Waals surface area contributed by atoms with Crippen molar-refractivity contribution in [3.63, 3.8) is 0 Å². The van der Waals surface area contributed by atoms with E-state index in [1.165, 1.54) is 18.2 Å². The molecule has 0 aliphatic heterocycles. The van der Waals surface area contributed by atoms with Crippen molar-refractivity contribution in [1.82, 2.24) is 0 Å². The van der Waals surface area contributed by atoms with Crippen LogP contribution in [0.3, 0.4) is 0 Å². The Bertz CT molecular complexity index is 359. The summed E-state index contributed by atoms with van der Waals surface area (Å²) in [7, 11) is 0. The number of aliphatic hydroxyl groups is 1. The molecular formula is C10H9F3O2. The Hall–Kier alpha value is -1.36. The molecule has 15 heavy (non-hydrogen) atoms. The molecule has 2 nitrogen and oxygen atoms in total. The number of rotatable bonds is 2. The molecule has 0 heterocycles. The van der Waals surface area contributed by atoms with Gasteiger partial charge in [0.1, 0.15) is 0 Å². The van der Waals surface area contributed by atoms with Gasteiger partial charge in [-0.3, -0.25) is 4.79 Å². The van der Waals surface area contributed by atoms with E-state index >= 15 is 0 Å². The third kappa shape index (κ3) is 1.87. The van der Waals surface area contributed by atoms with Crippen LogP contribution in [-0.2, 0) is 10.4 Å². The lowest BCUT2D eigenvalue weighted by molar-refractivity contribution is -0.254. The van der Waals surface area contributed by atoms with Crippen LogP contribution in [0.4, 0.5) is 13.2 Å². The van der Waals surface area contributed by atoms with Crippen LogP contribution >= 0.6 is 0 Å². The minimum absolute atomic E-state index is 0.468. The Balaban J connectivity index is 3.32. The Morgan fingerprint density at radius 2 is 1.67 bits per heavy atom. The van der Waals surface area contributed by atoms with E-state index in [9.17, 15) is 23.1 Å². The first-order chi connectivity index (χ1) is 6.80. The fourth-order valence-electron chi connectivity index (χ4n) is 1.25. The summed E-state index contributed by atoms with van der Waals surface area (Å²) >= 11 is 0. The molecule has 0 aliphatic rings. The Kier molecular flexibility index (Phi) is 2.86. The number of alkyl halides is 3. The van der Waals surface area contributed by atoms with Gasteiger partial charge in [-0.15, -0.1) is 0 Å². The molecule has 0 amide bonds. The topological polar surface area (TPSA) is 37.3 Å². The monoisotopic (exact) mass is 218 g/mol. The summed E-state index contributed by atoms with van der Waals surface area (Å²) in [5.74, 6) is -1.35. The zero-order valence-electron chi connectivity index (χ0n) is 7.88. The van der Waals surface area contributed by atoms with Gasteiger partial charge in [0.25, 0.3) is 0 Å². The van der Waals surface area contributed by atoms with Crippen LogP contribution in [0.5, 0.6) is 0 Å². The third-order valence-corrected chi connectivity index (χ3v) is 2.11. The maximum atomic E-state index is 12.6. The van der Waals surface area contributed by atoms with Crippen molar-refractivity contribution in [2.45, 2.75) is 18.7 Å². The Morgan fingerprint density at radius 3 is 2.00 bits per heavy atom. The number of benzene rings is 1. The number of ketones is 1. The van der Waals surface area contributed by atoms with Crippen LogP contribution in [0.2, 0.25) is 0 Å². The molecule has 0 saturated carbocycles. The Labute approximate surface area is 84.3 Å². The fraction of sp³-hybridized carbons (Fsp3) is 0.300. The lowest BCUT2D eigenvalue weighted by Crippen LogP contribution is -2.48. The third-order valence-electron chi connectivity index (χ3n) is 2.11. The van der Waals surface area contributed by atoms with Gasteiger partial charge in [-0.1, -0.05) is 30.3 Å². The molecule has 0 radical (unpaired) electrons. The van der Waals surface area contributed by atoms with Crippen molar-refractivity contribution in [3.05, 3.63) is 35.9 Å². The molecule has 82 valence electrons. The highest BCUT2D eigenvalue weighted by Gasteiger charge is 2.58. The van der Waals surface area contributed by atoms with E-state index in [2.05, 4.69) is 0 Å². The SMILES string of the molecule is CC(=O)C(O)(c1ccccc1)C(F)(F)F. The number of hydrogen-bond acceptors (Lipinski definition) is 2. The highest BCUT2D eigenvalue weighted by atomic mass is 19.4. The molecule has 1 N–H and O–H groups in total. The molecule has 5 heteroatoms. The van der Waals surface area contributed by atoms with E-state index < -0.39 is 23.1 Å². The lowest BCUT2D eigenvalue weighted by atomic mass is 9.89. The quantitative estimate of drug-likeness (QED) is 0.824. The molecule has 1 rings (SSSR count). The highest BCUT2D eigenvalue weighted by molar-refractivity contribution is 5.87. The van der Waals surface area contributed by atoms with Gasteiger partial charge >= 0.3 is 6.18 Å². The summed E-state index contributed by atoms with van der Waals surface area (Å²) < 4.78 is 37.7. The summed E-state index contributed by atoms with van der Waals surface area (Å²) in [5, 5.41) is 9.42. The molecule has 0 bridgehead atoms. The Morgan fingerprint density at radius 1 is 1.20 bits per heavy atom. The molecule has 0 aromatic heterocycles. The first-order valence-electron chi connectivity index (χ1n) is 4.16. The summed E-state index contributed by atoms with van der Waals surface area (Å²) in [5.41, 5.74) is -3.88. The van der Waals surface area contributed by atoms with Crippen molar-refractivity contribution in [3.8, 4) is 0 Å². The predicted molar refractivity (Wildman–Crippen MR) is 47.1 cm³/mol. The molecule has 1 aromatic carbocycles. The minimum atomic E-state index is -5.01. The normalized spacial score (nSPS) is 15.8. The number of halogens is 3. The van der Waals surface area contributed by atoms with Gasteiger partial charge in [-0.05, 0) is 6.92 Å². The van der Waals surface area contributed by atoms with E-state index in [0.29, 0.717) is 6.92 Å². The second kappa shape index (κ2) is 3.66.